The van der Waals surface area contributed by atoms with E-state index < -0.39 is 0 Å². The van der Waals surface area contributed by atoms with Gasteiger partial charge in [-0.15, -0.1) is 11.8 Å². The summed E-state index contributed by atoms with van der Waals surface area (Å²) in [6.45, 7) is 0. The fourth-order valence-corrected chi connectivity index (χ4v) is 3.64. The van der Waals surface area contributed by atoms with E-state index in [1.807, 2.05) is 6.26 Å². The van der Waals surface area contributed by atoms with E-state index in [4.69, 9.17) is 16.1 Å². The molecule has 0 amide bonds. The number of ketones is 1. The van der Waals surface area contributed by atoms with Crippen LogP contribution in [0.3, 0.4) is 0 Å². The molecule has 1 aliphatic carbocycles. The van der Waals surface area contributed by atoms with Gasteiger partial charge in [0.15, 0.2) is 11.5 Å². The zero-order valence-corrected chi connectivity index (χ0v) is 13.8. The molecule has 0 bridgehead atoms. The lowest BCUT2D eigenvalue weighted by molar-refractivity contribution is 0.103. The zero-order valence-electron chi connectivity index (χ0n) is 10.7. The Labute approximate surface area is 134 Å². The van der Waals surface area contributed by atoms with Gasteiger partial charge in [0.05, 0.1) is 16.8 Å². The van der Waals surface area contributed by atoms with E-state index in [-0.39, 0.29) is 5.78 Å². The first-order valence-electron chi connectivity index (χ1n) is 6.14. The van der Waals surface area contributed by atoms with Crippen molar-refractivity contribution in [1.29, 1.82) is 0 Å². The zero-order chi connectivity index (χ0) is 14.3. The normalized spacial score (nSPS) is 14.6. The Morgan fingerprint density at radius 3 is 2.85 bits per heavy atom. The summed E-state index contributed by atoms with van der Waals surface area (Å²) >= 11 is 11.1. The second-order valence-corrected chi connectivity index (χ2v) is 6.70. The van der Waals surface area contributed by atoms with E-state index in [2.05, 4.69) is 21.1 Å². The molecule has 1 saturated carbocycles. The van der Waals surface area contributed by atoms with Gasteiger partial charge in [0.25, 0.3) is 0 Å². The second kappa shape index (κ2) is 5.54. The summed E-state index contributed by atoms with van der Waals surface area (Å²) in [6.07, 6.45) is 5.54. The van der Waals surface area contributed by atoms with Crippen LogP contribution < -0.4 is 0 Å². The highest BCUT2D eigenvalue weighted by atomic mass is 79.9. The minimum atomic E-state index is -0.0769. The highest BCUT2D eigenvalue weighted by Gasteiger charge is 2.33. The van der Waals surface area contributed by atoms with Gasteiger partial charge in [-0.1, -0.05) is 16.8 Å². The molecule has 0 N–H and O–H groups in total. The Balaban J connectivity index is 2.06. The number of rotatable bonds is 4. The lowest BCUT2D eigenvalue weighted by atomic mass is 10.0. The molecule has 6 heteroatoms. The van der Waals surface area contributed by atoms with Crippen molar-refractivity contribution in [2.24, 2.45) is 0 Å². The number of halogens is 2. The predicted octanol–water partition coefficient (Wildman–Crippen LogP) is 4.92. The molecule has 0 radical (unpaired) electrons. The monoisotopic (exact) mass is 371 g/mol. The van der Waals surface area contributed by atoms with Crippen LogP contribution in [0.2, 0.25) is 5.02 Å². The maximum Gasteiger partial charge on any atom is 0.199 e. The molecule has 2 aromatic rings. The van der Waals surface area contributed by atoms with E-state index in [1.165, 1.54) is 18.0 Å². The number of benzene rings is 1. The van der Waals surface area contributed by atoms with Crippen molar-refractivity contribution in [2.45, 2.75) is 23.7 Å². The van der Waals surface area contributed by atoms with Gasteiger partial charge in [-0.05, 0) is 47.2 Å². The smallest absolute Gasteiger partial charge is 0.199 e. The molecule has 0 unspecified atom stereocenters. The van der Waals surface area contributed by atoms with Crippen LogP contribution in [0.5, 0.6) is 0 Å². The van der Waals surface area contributed by atoms with Crippen LogP contribution in [0, 0.1) is 0 Å². The summed E-state index contributed by atoms with van der Waals surface area (Å²) in [5.41, 5.74) is 1.15. The molecule has 0 atom stereocenters. The van der Waals surface area contributed by atoms with Gasteiger partial charge >= 0.3 is 0 Å². The highest BCUT2D eigenvalue weighted by molar-refractivity contribution is 9.10. The molecule has 1 fully saturated rings. The molecule has 20 heavy (non-hydrogen) atoms. The van der Waals surface area contributed by atoms with E-state index in [9.17, 15) is 4.79 Å². The fraction of sp³-hybridized carbons (Fsp3) is 0.286. The molecule has 1 heterocycles. The topological polar surface area (TPSA) is 43.1 Å². The van der Waals surface area contributed by atoms with Crippen molar-refractivity contribution in [3.8, 4) is 0 Å². The van der Waals surface area contributed by atoms with Crippen molar-refractivity contribution >= 4 is 45.1 Å². The summed E-state index contributed by atoms with van der Waals surface area (Å²) < 4.78 is 6.02. The summed E-state index contributed by atoms with van der Waals surface area (Å²) in [7, 11) is 0. The quantitative estimate of drug-likeness (QED) is 0.564. The number of aromatic nitrogens is 1. The Morgan fingerprint density at radius 2 is 2.20 bits per heavy atom. The molecular weight excluding hydrogens is 362 g/mol. The van der Waals surface area contributed by atoms with Gasteiger partial charge < -0.3 is 4.52 Å². The van der Waals surface area contributed by atoms with E-state index in [0.717, 1.165) is 22.2 Å². The third-order valence-electron chi connectivity index (χ3n) is 3.29. The molecule has 3 rings (SSSR count). The Morgan fingerprint density at radius 1 is 1.45 bits per heavy atom. The molecule has 1 aromatic carbocycles. The van der Waals surface area contributed by atoms with Gasteiger partial charge in [0.1, 0.15) is 0 Å². The van der Waals surface area contributed by atoms with Gasteiger partial charge in [0, 0.05) is 20.8 Å². The highest BCUT2D eigenvalue weighted by Crippen LogP contribution is 2.43. The third-order valence-corrected chi connectivity index (χ3v) is 5.52. The Hall–Kier alpha value is -0.780. The lowest BCUT2D eigenvalue weighted by Crippen LogP contribution is -2.05. The van der Waals surface area contributed by atoms with Crippen LogP contribution in [0.1, 0.15) is 40.4 Å². The van der Waals surface area contributed by atoms with Crippen LogP contribution in [0.15, 0.2) is 32.2 Å². The first kappa shape index (κ1) is 14.2. The minimum absolute atomic E-state index is 0.0769. The van der Waals surface area contributed by atoms with Crippen molar-refractivity contribution in [3.05, 3.63) is 44.7 Å². The van der Waals surface area contributed by atoms with Crippen molar-refractivity contribution < 1.29 is 9.32 Å². The summed E-state index contributed by atoms with van der Waals surface area (Å²) in [5.74, 6) is 0.980. The van der Waals surface area contributed by atoms with E-state index >= 15 is 0 Å². The first-order valence-corrected chi connectivity index (χ1v) is 8.54. The van der Waals surface area contributed by atoms with Gasteiger partial charge in [-0.25, -0.2) is 0 Å². The second-order valence-electron chi connectivity index (χ2n) is 4.65. The summed E-state index contributed by atoms with van der Waals surface area (Å²) in [6, 6.07) is 3.58. The largest absolute Gasteiger partial charge is 0.360 e. The Kier molecular flexibility index (Phi) is 3.93. The number of hydrogen-bond acceptors (Lipinski definition) is 4. The maximum absolute atomic E-state index is 12.7. The molecule has 104 valence electrons. The van der Waals surface area contributed by atoms with Crippen LogP contribution in [-0.4, -0.2) is 17.2 Å². The summed E-state index contributed by atoms with van der Waals surface area (Å²) in [5, 5.41) is 4.34. The number of nitrogens with zero attached hydrogens (tertiary/aromatic N) is 1. The van der Waals surface area contributed by atoms with Crippen molar-refractivity contribution in [3.63, 3.8) is 0 Å². The van der Waals surface area contributed by atoms with Crippen LogP contribution >= 0.6 is 39.3 Å². The van der Waals surface area contributed by atoms with Crippen molar-refractivity contribution in [2.75, 3.05) is 6.26 Å². The van der Waals surface area contributed by atoms with Crippen LogP contribution in [0.25, 0.3) is 0 Å². The van der Waals surface area contributed by atoms with Crippen LogP contribution in [0.4, 0.5) is 0 Å². The molecule has 0 aliphatic heterocycles. The minimum Gasteiger partial charge on any atom is -0.360 e. The predicted molar refractivity (Wildman–Crippen MR) is 82.8 cm³/mol. The fourth-order valence-electron chi connectivity index (χ4n) is 2.11. The van der Waals surface area contributed by atoms with Gasteiger partial charge in [-0.2, -0.15) is 0 Å². The number of thioether (sulfide) groups is 1. The number of carbonyl (C=O) groups is 1. The molecule has 0 spiro atoms. The standard InChI is InChI=1S/C14H11BrClNO2S/c1-20-14-8(4-5-10(15)11(14)16)12(18)9-6-17-19-13(9)7-2-3-7/h4-7H,2-3H2,1H3. The lowest BCUT2D eigenvalue weighted by Gasteiger charge is -2.09. The molecule has 3 nitrogen and oxygen atoms in total. The van der Waals surface area contributed by atoms with E-state index in [1.54, 1.807) is 12.1 Å². The van der Waals surface area contributed by atoms with E-state index in [0.29, 0.717) is 27.8 Å². The average Bonchev–Trinajstić information content (AvgIpc) is 3.18. The SMILES string of the molecule is CSc1c(C(=O)c2cnoc2C2CC2)ccc(Br)c1Cl. The van der Waals surface area contributed by atoms with Gasteiger partial charge in [-0.3, -0.25) is 4.79 Å². The third kappa shape index (κ3) is 2.43. The number of hydrogen-bond donors (Lipinski definition) is 0. The molecule has 1 aliphatic rings. The summed E-state index contributed by atoms with van der Waals surface area (Å²) in [4.78, 5) is 13.5. The first-order chi connectivity index (χ1) is 9.63. The average molecular weight is 373 g/mol. The maximum atomic E-state index is 12.7. The number of carbonyl (C=O) groups excluding carboxylic acids is 1. The van der Waals surface area contributed by atoms with Crippen LogP contribution in [-0.2, 0) is 0 Å². The van der Waals surface area contributed by atoms with Gasteiger partial charge in [0.2, 0.25) is 0 Å². The molecular formula is C14H11BrClNO2S. The molecule has 0 saturated heterocycles. The molecule has 1 aromatic heterocycles. The Bertz CT molecular complexity index is 682. The van der Waals surface area contributed by atoms with Crippen molar-refractivity contribution in [1.82, 2.24) is 5.16 Å².